The zero-order valence-electron chi connectivity index (χ0n) is 17.8. The van der Waals surface area contributed by atoms with Crippen molar-refractivity contribution in [2.45, 2.75) is 77.4 Å². The van der Waals surface area contributed by atoms with Crippen molar-refractivity contribution in [1.82, 2.24) is 20.5 Å². The van der Waals surface area contributed by atoms with Gasteiger partial charge < -0.3 is 20.4 Å². The van der Waals surface area contributed by atoms with Gasteiger partial charge in [-0.3, -0.25) is 4.79 Å². The molecular formula is C22H35N5O2. The molecule has 160 valence electrons. The number of amides is 3. The summed E-state index contributed by atoms with van der Waals surface area (Å²) in [6.07, 6.45) is 10.0. The van der Waals surface area contributed by atoms with Gasteiger partial charge in [0, 0.05) is 38.4 Å². The number of nitrogens with one attached hydrogen (secondary N) is 2. The fourth-order valence-corrected chi connectivity index (χ4v) is 4.21. The summed E-state index contributed by atoms with van der Waals surface area (Å²) in [4.78, 5) is 33.7. The van der Waals surface area contributed by atoms with Crippen molar-refractivity contribution in [2.24, 2.45) is 0 Å². The molecule has 0 spiro atoms. The van der Waals surface area contributed by atoms with Crippen molar-refractivity contribution < 1.29 is 9.59 Å². The van der Waals surface area contributed by atoms with E-state index >= 15 is 0 Å². The Kier molecular flexibility index (Phi) is 7.72. The number of carbonyl (C=O) groups is 2. The molecule has 3 rings (SSSR count). The Bertz CT molecular complexity index is 688. The maximum absolute atomic E-state index is 12.6. The number of hydrogen-bond acceptors (Lipinski definition) is 4. The maximum atomic E-state index is 12.6. The van der Waals surface area contributed by atoms with Crippen molar-refractivity contribution in [3.05, 3.63) is 23.9 Å². The molecule has 2 aliphatic rings. The van der Waals surface area contributed by atoms with Gasteiger partial charge in [0.2, 0.25) is 5.91 Å². The molecule has 2 atom stereocenters. The first kappa shape index (κ1) is 21.4. The number of piperidine rings is 1. The molecule has 0 radical (unpaired) electrons. The van der Waals surface area contributed by atoms with Crippen LogP contribution in [0.5, 0.6) is 0 Å². The Balaban J connectivity index is 1.48. The summed E-state index contributed by atoms with van der Waals surface area (Å²) in [6.45, 7) is 7.11. The van der Waals surface area contributed by atoms with Gasteiger partial charge in [-0.05, 0) is 63.6 Å². The van der Waals surface area contributed by atoms with E-state index in [2.05, 4.69) is 33.5 Å². The summed E-state index contributed by atoms with van der Waals surface area (Å²) < 4.78 is 0. The SMILES string of the molecule is CC(NC(=O)NCc1ccnc(N2CCCCCC2)c1)C(=O)N1CCCCC1C. The largest absolute Gasteiger partial charge is 0.357 e. The quantitative estimate of drug-likeness (QED) is 0.795. The number of rotatable bonds is 5. The van der Waals surface area contributed by atoms with Gasteiger partial charge in [0.1, 0.15) is 11.9 Å². The van der Waals surface area contributed by atoms with Crippen LogP contribution in [-0.4, -0.2) is 53.5 Å². The molecule has 2 saturated heterocycles. The third-order valence-electron chi connectivity index (χ3n) is 6.00. The summed E-state index contributed by atoms with van der Waals surface area (Å²) in [5.41, 5.74) is 1.01. The van der Waals surface area contributed by atoms with E-state index in [9.17, 15) is 9.59 Å². The van der Waals surface area contributed by atoms with Gasteiger partial charge in [-0.1, -0.05) is 12.8 Å². The maximum Gasteiger partial charge on any atom is 0.315 e. The summed E-state index contributed by atoms with van der Waals surface area (Å²) in [5, 5.41) is 5.66. The van der Waals surface area contributed by atoms with Crippen molar-refractivity contribution in [3.63, 3.8) is 0 Å². The van der Waals surface area contributed by atoms with E-state index < -0.39 is 6.04 Å². The molecule has 29 heavy (non-hydrogen) atoms. The second-order valence-electron chi connectivity index (χ2n) is 8.35. The van der Waals surface area contributed by atoms with Gasteiger partial charge in [0.05, 0.1) is 0 Å². The number of nitrogens with zero attached hydrogens (tertiary/aromatic N) is 3. The highest BCUT2D eigenvalue weighted by Crippen LogP contribution is 2.19. The zero-order valence-corrected chi connectivity index (χ0v) is 17.8. The molecule has 0 aromatic carbocycles. The number of carbonyl (C=O) groups excluding carboxylic acids is 2. The normalized spacial score (nSPS) is 21.2. The highest BCUT2D eigenvalue weighted by molar-refractivity contribution is 5.87. The summed E-state index contributed by atoms with van der Waals surface area (Å²) in [6, 6.07) is 3.38. The molecule has 0 bridgehead atoms. The summed E-state index contributed by atoms with van der Waals surface area (Å²) >= 11 is 0. The van der Waals surface area contributed by atoms with Gasteiger partial charge in [0.15, 0.2) is 0 Å². The van der Waals surface area contributed by atoms with Crippen molar-refractivity contribution in [1.29, 1.82) is 0 Å². The van der Waals surface area contributed by atoms with E-state index in [0.717, 1.165) is 43.9 Å². The molecule has 7 nitrogen and oxygen atoms in total. The fraction of sp³-hybridized carbons (Fsp3) is 0.682. The number of anilines is 1. The lowest BCUT2D eigenvalue weighted by Crippen LogP contribution is -2.53. The average Bonchev–Trinajstić information content (AvgIpc) is 3.02. The molecule has 2 aliphatic heterocycles. The summed E-state index contributed by atoms with van der Waals surface area (Å²) in [7, 11) is 0. The van der Waals surface area contributed by atoms with Gasteiger partial charge >= 0.3 is 6.03 Å². The van der Waals surface area contributed by atoms with E-state index in [0.29, 0.717) is 6.54 Å². The van der Waals surface area contributed by atoms with E-state index in [1.807, 2.05) is 11.0 Å². The van der Waals surface area contributed by atoms with Crippen molar-refractivity contribution in [2.75, 3.05) is 24.5 Å². The number of pyridine rings is 1. The topological polar surface area (TPSA) is 77.6 Å². The van der Waals surface area contributed by atoms with Crippen LogP contribution in [0, 0.1) is 0 Å². The average molecular weight is 402 g/mol. The molecule has 2 unspecified atom stereocenters. The Hall–Kier alpha value is -2.31. The minimum absolute atomic E-state index is 0.000268. The third-order valence-corrected chi connectivity index (χ3v) is 6.00. The Morgan fingerprint density at radius 2 is 1.86 bits per heavy atom. The molecule has 2 N–H and O–H groups in total. The molecule has 1 aromatic heterocycles. The molecule has 3 heterocycles. The van der Waals surface area contributed by atoms with E-state index in [1.54, 1.807) is 13.1 Å². The lowest BCUT2D eigenvalue weighted by Gasteiger charge is -2.35. The van der Waals surface area contributed by atoms with Crippen molar-refractivity contribution >= 4 is 17.8 Å². The Labute approximate surface area is 174 Å². The van der Waals surface area contributed by atoms with Crippen LogP contribution < -0.4 is 15.5 Å². The predicted molar refractivity (Wildman–Crippen MR) is 115 cm³/mol. The first-order chi connectivity index (χ1) is 14.0. The van der Waals surface area contributed by atoms with Gasteiger partial charge in [-0.25, -0.2) is 9.78 Å². The van der Waals surface area contributed by atoms with Crippen LogP contribution in [0.15, 0.2) is 18.3 Å². The van der Waals surface area contributed by atoms with Gasteiger partial charge in [-0.2, -0.15) is 0 Å². The monoisotopic (exact) mass is 401 g/mol. The first-order valence-electron chi connectivity index (χ1n) is 11.1. The van der Waals surface area contributed by atoms with Crippen LogP contribution in [0.25, 0.3) is 0 Å². The van der Waals surface area contributed by atoms with Crippen LogP contribution in [-0.2, 0) is 11.3 Å². The van der Waals surface area contributed by atoms with Crippen LogP contribution in [0.1, 0.15) is 64.4 Å². The summed E-state index contributed by atoms with van der Waals surface area (Å²) in [5.74, 6) is 0.981. The Morgan fingerprint density at radius 3 is 2.59 bits per heavy atom. The van der Waals surface area contributed by atoms with Crippen LogP contribution in [0.4, 0.5) is 10.6 Å². The lowest BCUT2D eigenvalue weighted by atomic mass is 10.0. The molecule has 2 fully saturated rings. The number of urea groups is 1. The van der Waals surface area contributed by atoms with Gasteiger partial charge in [0.25, 0.3) is 0 Å². The predicted octanol–water partition coefficient (Wildman–Crippen LogP) is 3.05. The molecule has 1 aromatic rings. The number of hydrogen-bond donors (Lipinski definition) is 2. The standard InChI is InChI=1S/C22H35N5O2/c1-17-9-5-8-14-27(17)21(28)18(2)25-22(29)24-16-19-10-11-23-20(15-19)26-12-6-3-4-7-13-26/h10-11,15,17-18H,3-9,12-14,16H2,1-2H3,(H2,24,25,29). The second-order valence-corrected chi connectivity index (χ2v) is 8.35. The van der Waals surface area contributed by atoms with Crippen LogP contribution in [0.3, 0.4) is 0 Å². The van der Waals surface area contributed by atoms with E-state index in [-0.39, 0.29) is 18.0 Å². The zero-order chi connectivity index (χ0) is 20.6. The molecule has 7 heteroatoms. The second kappa shape index (κ2) is 10.5. The van der Waals surface area contributed by atoms with Gasteiger partial charge in [-0.15, -0.1) is 0 Å². The molecule has 3 amide bonds. The number of aromatic nitrogens is 1. The third kappa shape index (κ3) is 6.08. The van der Waals surface area contributed by atoms with Crippen molar-refractivity contribution in [3.8, 4) is 0 Å². The molecule has 0 saturated carbocycles. The fourth-order valence-electron chi connectivity index (χ4n) is 4.21. The molecule has 0 aliphatic carbocycles. The number of likely N-dealkylation sites (tertiary alicyclic amines) is 1. The van der Waals surface area contributed by atoms with E-state index in [1.165, 1.54) is 32.1 Å². The highest BCUT2D eigenvalue weighted by atomic mass is 16.2. The first-order valence-corrected chi connectivity index (χ1v) is 11.1. The van der Waals surface area contributed by atoms with Crippen LogP contribution >= 0.6 is 0 Å². The highest BCUT2D eigenvalue weighted by Gasteiger charge is 2.27. The minimum atomic E-state index is -0.527. The Morgan fingerprint density at radius 1 is 1.14 bits per heavy atom. The smallest absolute Gasteiger partial charge is 0.315 e. The van der Waals surface area contributed by atoms with Crippen LogP contribution in [0.2, 0.25) is 0 Å². The molecular weight excluding hydrogens is 366 g/mol. The minimum Gasteiger partial charge on any atom is -0.357 e. The van der Waals surface area contributed by atoms with E-state index in [4.69, 9.17) is 0 Å². The lowest BCUT2D eigenvalue weighted by molar-refractivity contribution is -0.136.